The van der Waals surface area contributed by atoms with Crippen LogP contribution in [0.1, 0.15) is 20.8 Å². The third-order valence-corrected chi connectivity index (χ3v) is 0. The minimum atomic E-state index is -0.500. The van der Waals surface area contributed by atoms with Crippen LogP contribution in [0, 0.1) is 0 Å². The van der Waals surface area contributed by atoms with Gasteiger partial charge in [-0.25, -0.2) is 0 Å². The molecule has 1 nitrogen and oxygen atoms in total. The van der Waals surface area contributed by atoms with E-state index in [2.05, 4.69) is 23.3 Å². The van der Waals surface area contributed by atoms with E-state index in [4.69, 9.17) is 5.11 Å². The highest BCUT2D eigenvalue weighted by molar-refractivity contribution is 8.59. The first kappa shape index (κ1) is 10.6. The predicted octanol–water partition coefficient (Wildman–Crippen LogP) is 1.54. The molecule has 7 heavy (non-hydrogen) atoms. The summed E-state index contributed by atoms with van der Waals surface area (Å²) in [4.78, 5) is 0. The standard InChI is InChI=1S/C4H10O.H2S2/c1-4(2,3)5;1-2/h5H,1-3H3;1-2H. The number of aliphatic hydroxyl groups is 1. The molecule has 1 N–H and O–H groups in total. The molecule has 0 radical (unpaired) electrons. The maximum Gasteiger partial charge on any atom is 0.0563 e. The van der Waals surface area contributed by atoms with Gasteiger partial charge in [0.15, 0.2) is 0 Å². The number of hydrogen-bond donors (Lipinski definition) is 3. The Morgan fingerprint density at radius 1 is 1.14 bits per heavy atom. The third kappa shape index (κ3) is 332. The van der Waals surface area contributed by atoms with E-state index >= 15 is 0 Å². The molecule has 0 rings (SSSR count). The van der Waals surface area contributed by atoms with Crippen LogP contribution in [0.25, 0.3) is 0 Å². The van der Waals surface area contributed by atoms with Gasteiger partial charge in [0.1, 0.15) is 0 Å². The SMILES string of the molecule is CC(C)(C)O.SS. The van der Waals surface area contributed by atoms with Crippen LogP contribution >= 0.6 is 23.3 Å². The lowest BCUT2D eigenvalue weighted by atomic mass is 10.2. The second-order valence-electron chi connectivity index (χ2n) is 2.17. The molecule has 0 aromatic heterocycles. The molecule has 0 bridgehead atoms. The van der Waals surface area contributed by atoms with Crippen molar-refractivity contribution >= 4 is 23.3 Å². The van der Waals surface area contributed by atoms with Crippen molar-refractivity contribution in [2.75, 3.05) is 0 Å². The quantitative estimate of drug-likeness (QED) is 0.344. The number of rotatable bonds is 0. The topological polar surface area (TPSA) is 20.2 Å². The summed E-state index contributed by atoms with van der Waals surface area (Å²) in [5, 5.41) is 8.52. The minimum Gasteiger partial charge on any atom is -0.391 e. The van der Waals surface area contributed by atoms with Crippen molar-refractivity contribution < 1.29 is 5.11 Å². The molecular weight excluding hydrogens is 128 g/mol. The Hall–Kier alpha value is 0.660. The molecule has 0 heterocycles. The van der Waals surface area contributed by atoms with Crippen molar-refractivity contribution in [3.8, 4) is 0 Å². The van der Waals surface area contributed by atoms with Gasteiger partial charge >= 0.3 is 0 Å². The van der Waals surface area contributed by atoms with Crippen molar-refractivity contribution in [2.45, 2.75) is 26.4 Å². The molecule has 0 fully saturated rings. The molecule has 0 aromatic carbocycles. The van der Waals surface area contributed by atoms with Crippen LogP contribution in [0.5, 0.6) is 0 Å². The Kier molecular flexibility index (Phi) is 7.29. The summed E-state index contributed by atoms with van der Waals surface area (Å²) in [5.74, 6) is 0. The first-order chi connectivity index (χ1) is 3.00. The van der Waals surface area contributed by atoms with Gasteiger partial charge in [-0.15, -0.1) is 23.3 Å². The van der Waals surface area contributed by atoms with E-state index in [9.17, 15) is 0 Å². The summed E-state index contributed by atoms with van der Waals surface area (Å²) in [6.07, 6.45) is 0. The summed E-state index contributed by atoms with van der Waals surface area (Å²) in [7, 11) is 0. The highest BCUT2D eigenvalue weighted by Gasteiger charge is 1.97. The molecule has 3 heteroatoms. The Balaban J connectivity index is 0. The lowest BCUT2D eigenvalue weighted by Crippen LogP contribution is -2.10. The van der Waals surface area contributed by atoms with Gasteiger partial charge in [0, 0.05) is 0 Å². The first-order valence-electron chi connectivity index (χ1n) is 1.92. The van der Waals surface area contributed by atoms with Crippen LogP contribution in [0.4, 0.5) is 0 Å². The van der Waals surface area contributed by atoms with E-state index in [1.54, 1.807) is 20.8 Å². The Labute approximate surface area is 55.3 Å². The van der Waals surface area contributed by atoms with E-state index in [-0.39, 0.29) is 0 Å². The van der Waals surface area contributed by atoms with E-state index in [1.165, 1.54) is 0 Å². The molecule has 0 aliphatic heterocycles. The zero-order chi connectivity index (χ0) is 6.50. The van der Waals surface area contributed by atoms with Crippen LogP contribution in [-0.4, -0.2) is 10.7 Å². The molecule has 0 aliphatic rings. The molecule has 0 aliphatic carbocycles. The highest BCUT2D eigenvalue weighted by atomic mass is 33.1. The summed E-state index contributed by atoms with van der Waals surface area (Å²) < 4.78 is 0. The average molecular weight is 140 g/mol. The maximum absolute atomic E-state index is 8.52. The normalized spacial score (nSPS) is 9.43. The van der Waals surface area contributed by atoms with Crippen molar-refractivity contribution in [3.05, 3.63) is 0 Å². The second kappa shape index (κ2) is 4.81. The smallest absolute Gasteiger partial charge is 0.0563 e. The Morgan fingerprint density at radius 2 is 1.14 bits per heavy atom. The molecule has 46 valence electrons. The van der Waals surface area contributed by atoms with Gasteiger partial charge in [0.05, 0.1) is 5.60 Å². The summed E-state index contributed by atoms with van der Waals surface area (Å²) in [5.41, 5.74) is -0.500. The largest absolute Gasteiger partial charge is 0.391 e. The molecule has 0 unspecified atom stereocenters. The molecule has 0 saturated carbocycles. The molecule has 0 spiro atoms. The lowest BCUT2D eigenvalue weighted by molar-refractivity contribution is 0.102. The van der Waals surface area contributed by atoms with Gasteiger partial charge in [-0.1, -0.05) is 0 Å². The van der Waals surface area contributed by atoms with E-state index in [0.717, 1.165) is 0 Å². The second-order valence-corrected chi connectivity index (χ2v) is 2.17. The molecule has 0 aromatic rings. The van der Waals surface area contributed by atoms with E-state index in [0.29, 0.717) is 0 Å². The van der Waals surface area contributed by atoms with E-state index in [1.807, 2.05) is 0 Å². The van der Waals surface area contributed by atoms with Gasteiger partial charge in [0.2, 0.25) is 0 Å². The average Bonchev–Trinajstić information content (AvgIpc) is 1.36. The van der Waals surface area contributed by atoms with Crippen LogP contribution in [0.3, 0.4) is 0 Å². The summed E-state index contributed by atoms with van der Waals surface area (Å²) >= 11 is 6.44. The van der Waals surface area contributed by atoms with Crippen molar-refractivity contribution in [2.24, 2.45) is 0 Å². The first-order valence-corrected chi connectivity index (χ1v) is 3.52. The van der Waals surface area contributed by atoms with Crippen molar-refractivity contribution in [1.29, 1.82) is 0 Å². The number of hydrogen-bond acceptors (Lipinski definition) is 3. The summed E-state index contributed by atoms with van der Waals surface area (Å²) in [6, 6.07) is 0. The minimum absolute atomic E-state index is 0.500. The summed E-state index contributed by atoms with van der Waals surface area (Å²) in [6.45, 7) is 5.23. The fourth-order valence-electron chi connectivity index (χ4n) is 0. The van der Waals surface area contributed by atoms with Crippen LogP contribution in [-0.2, 0) is 0 Å². The zero-order valence-corrected chi connectivity index (χ0v) is 6.63. The Morgan fingerprint density at radius 3 is 1.14 bits per heavy atom. The zero-order valence-electron chi connectivity index (χ0n) is 4.84. The maximum atomic E-state index is 8.52. The molecular formula is C4H12OS2. The van der Waals surface area contributed by atoms with Crippen LogP contribution in [0.2, 0.25) is 0 Å². The monoisotopic (exact) mass is 140 g/mol. The number of thiol groups is 2. The van der Waals surface area contributed by atoms with Crippen LogP contribution < -0.4 is 0 Å². The van der Waals surface area contributed by atoms with Crippen molar-refractivity contribution in [3.63, 3.8) is 0 Å². The van der Waals surface area contributed by atoms with Gasteiger partial charge in [-0.05, 0) is 20.8 Å². The highest BCUT2D eigenvalue weighted by Crippen LogP contribution is 1.93. The lowest BCUT2D eigenvalue weighted by Gasteiger charge is -2.04. The van der Waals surface area contributed by atoms with E-state index < -0.39 is 5.60 Å². The van der Waals surface area contributed by atoms with Gasteiger partial charge in [0.25, 0.3) is 0 Å². The Bertz CT molecular complexity index is 25.2. The molecule has 0 saturated heterocycles. The molecule has 0 amide bonds. The van der Waals surface area contributed by atoms with Gasteiger partial charge < -0.3 is 5.11 Å². The van der Waals surface area contributed by atoms with Gasteiger partial charge in [-0.2, -0.15) is 0 Å². The fourth-order valence-corrected chi connectivity index (χ4v) is 0. The van der Waals surface area contributed by atoms with Crippen molar-refractivity contribution in [1.82, 2.24) is 0 Å². The van der Waals surface area contributed by atoms with Gasteiger partial charge in [-0.3, -0.25) is 0 Å². The molecule has 0 atom stereocenters. The predicted molar refractivity (Wildman–Crippen MR) is 39.9 cm³/mol. The van der Waals surface area contributed by atoms with Crippen LogP contribution in [0.15, 0.2) is 0 Å². The fraction of sp³-hybridized carbons (Fsp3) is 1.00. The third-order valence-electron chi connectivity index (χ3n) is 0.